The molecule has 0 aliphatic carbocycles. The minimum atomic E-state index is -0.794. The highest BCUT2D eigenvalue weighted by Crippen LogP contribution is 2.25. The van der Waals surface area contributed by atoms with Gasteiger partial charge >= 0.3 is 0 Å². The van der Waals surface area contributed by atoms with Gasteiger partial charge in [0.05, 0.1) is 0 Å². The van der Waals surface area contributed by atoms with E-state index in [9.17, 15) is 8.78 Å². The van der Waals surface area contributed by atoms with Gasteiger partial charge in [0, 0.05) is 5.38 Å². The summed E-state index contributed by atoms with van der Waals surface area (Å²) < 4.78 is 26.6. The number of benzene rings is 1. The standard InChI is InChI=1S/C15H21ClF2/c1-3-5-7-11(4-2)13(16)10-12-8-6-9-14(17)15(12)18/h6,8-9,11,13H,3-5,7,10H2,1-2H3. The minimum Gasteiger partial charge on any atom is -0.204 e. The largest absolute Gasteiger partial charge is 0.204 e. The van der Waals surface area contributed by atoms with E-state index < -0.39 is 11.6 Å². The third-order valence-corrected chi connectivity index (χ3v) is 3.92. The second kappa shape index (κ2) is 7.73. The molecular formula is C15H21ClF2. The summed E-state index contributed by atoms with van der Waals surface area (Å²) in [6, 6.07) is 4.28. The van der Waals surface area contributed by atoms with E-state index in [4.69, 9.17) is 11.6 Å². The Labute approximate surface area is 113 Å². The van der Waals surface area contributed by atoms with Crippen LogP contribution in [0, 0.1) is 17.6 Å². The van der Waals surface area contributed by atoms with E-state index in [-0.39, 0.29) is 5.38 Å². The topological polar surface area (TPSA) is 0 Å². The normalized spacial score (nSPS) is 14.5. The zero-order valence-electron chi connectivity index (χ0n) is 11.1. The summed E-state index contributed by atoms with van der Waals surface area (Å²) >= 11 is 6.35. The van der Waals surface area contributed by atoms with Gasteiger partial charge in [-0.2, -0.15) is 0 Å². The van der Waals surface area contributed by atoms with E-state index in [1.807, 2.05) is 0 Å². The fraction of sp³-hybridized carbons (Fsp3) is 0.600. The Morgan fingerprint density at radius 2 is 1.94 bits per heavy atom. The number of rotatable bonds is 7. The molecule has 0 nitrogen and oxygen atoms in total. The smallest absolute Gasteiger partial charge is 0.162 e. The molecule has 1 aromatic rings. The van der Waals surface area contributed by atoms with Crippen molar-refractivity contribution in [2.24, 2.45) is 5.92 Å². The Kier molecular flexibility index (Phi) is 6.62. The van der Waals surface area contributed by atoms with Crippen molar-refractivity contribution in [2.45, 2.75) is 51.3 Å². The second-order valence-corrected chi connectivity index (χ2v) is 5.30. The highest BCUT2D eigenvalue weighted by Gasteiger charge is 2.19. The van der Waals surface area contributed by atoms with Crippen LogP contribution >= 0.6 is 11.6 Å². The first-order chi connectivity index (χ1) is 8.60. The molecule has 0 radical (unpaired) electrons. The molecule has 0 spiro atoms. The van der Waals surface area contributed by atoms with Crippen molar-refractivity contribution >= 4 is 11.6 Å². The lowest BCUT2D eigenvalue weighted by atomic mass is 9.91. The van der Waals surface area contributed by atoms with Gasteiger partial charge in [0.1, 0.15) is 0 Å². The Bertz CT molecular complexity index is 366. The Morgan fingerprint density at radius 3 is 2.56 bits per heavy atom. The molecule has 0 saturated carbocycles. The molecule has 0 aromatic heterocycles. The van der Waals surface area contributed by atoms with Crippen molar-refractivity contribution in [3.05, 3.63) is 35.4 Å². The lowest BCUT2D eigenvalue weighted by molar-refractivity contribution is 0.421. The van der Waals surface area contributed by atoms with Crippen LogP contribution in [0.2, 0.25) is 0 Å². The molecule has 18 heavy (non-hydrogen) atoms. The molecule has 0 aliphatic heterocycles. The number of hydrogen-bond donors (Lipinski definition) is 0. The molecule has 102 valence electrons. The van der Waals surface area contributed by atoms with E-state index in [0.29, 0.717) is 17.9 Å². The van der Waals surface area contributed by atoms with E-state index in [0.717, 1.165) is 31.7 Å². The first-order valence-electron chi connectivity index (χ1n) is 6.67. The van der Waals surface area contributed by atoms with Crippen LogP contribution in [0.15, 0.2) is 18.2 Å². The zero-order valence-corrected chi connectivity index (χ0v) is 11.8. The Morgan fingerprint density at radius 1 is 1.22 bits per heavy atom. The van der Waals surface area contributed by atoms with E-state index in [2.05, 4.69) is 13.8 Å². The molecular weight excluding hydrogens is 254 g/mol. The summed E-state index contributed by atoms with van der Waals surface area (Å²) in [5.74, 6) is -1.18. The van der Waals surface area contributed by atoms with E-state index in [1.165, 1.54) is 6.07 Å². The van der Waals surface area contributed by atoms with Crippen LogP contribution in [0.3, 0.4) is 0 Å². The van der Waals surface area contributed by atoms with Crippen molar-refractivity contribution in [2.75, 3.05) is 0 Å². The maximum atomic E-state index is 13.5. The molecule has 1 rings (SSSR count). The van der Waals surface area contributed by atoms with Crippen LogP contribution in [0.25, 0.3) is 0 Å². The summed E-state index contributed by atoms with van der Waals surface area (Å²) in [4.78, 5) is 0. The van der Waals surface area contributed by atoms with Gasteiger partial charge in [-0.1, -0.05) is 45.2 Å². The van der Waals surface area contributed by atoms with Gasteiger partial charge in [0.25, 0.3) is 0 Å². The third kappa shape index (κ3) is 4.24. The number of halogens is 3. The van der Waals surface area contributed by atoms with Gasteiger partial charge < -0.3 is 0 Å². The van der Waals surface area contributed by atoms with Crippen molar-refractivity contribution in [3.8, 4) is 0 Å². The molecule has 0 bridgehead atoms. The van der Waals surface area contributed by atoms with Crippen molar-refractivity contribution in [3.63, 3.8) is 0 Å². The lowest BCUT2D eigenvalue weighted by Gasteiger charge is -2.21. The van der Waals surface area contributed by atoms with Crippen LogP contribution in [-0.4, -0.2) is 5.38 Å². The molecule has 0 heterocycles. The second-order valence-electron chi connectivity index (χ2n) is 4.74. The number of alkyl halides is 1. The maximum absolute atomic E-state index is 13.5. The third-order valence-electron chi connectivity index (χ3n) is 3.41. The fourth-order valence-electron chi connectivity index (χ4n) is 2.19. The molecule has 0 amide bonds. The summed E-state index contributed by atoms with van der Waals surface area (Å²) in [6.45, 7) is 4.24. The Hall–Kier alpha value is -0.630. The van der Waals surface area contributed by atoms with Crippen LogP contribution < -0.4 is 0 Å². The SMILES string of the molecule is CCCCC(CC)C(Cl)Cc1cccc(F)c1F. The van der Waals surface area contributed by atoms with Crippen molar-refractivity contribution < 1.29 is 8.78 Å². The first-order valence-corrected chi connectivity index (χ1v) is 7.10. The quantitative estimate of drug-likeness (QED) is 0.590. The number of hydrogen-bond acceptors (Lipinski definition) is 0. The van der Waals surface area contributed by atoms with Gasteiger partial charge in [-0.25, -0.2) is 8.78 Å². The number of unbranched alkanes of at least 4 members (excludes halogenated alkanes) is 1. The van der Waals surface area contributed by atoms with E-state index >= 15 is 0 Å². The molecule has 0 aliphatic rings. The molecule has 0 fully saturated rings. The lowest BCUT2D eigenvalue weighted by Crippen LogP contribution is -2.18. The van der Waals surface area contributed by atoms with Crippen LogP contribution in [-0.2, 0) is 6.42 Å². The van der Waals surface area contributed by atoms with Crippen LogP contribution in [0.4, 0.5) is 8.78 Å². The van der Waals surface area contributed by atoms with Crippen LogP contribution in [0.5, 0.6) is 0 Å². The average molecular weight is 275 g/mol. The molecule has 0 N–H and O–H groups in total. The summed E-state index contributed by atoms with van der Waals surface area (Å²) in [6.07, 6.45) is 4.69. The van der Waals surface area contributed by atoms with Crippen molar-refractivity contribution in [1.82, 2.24) is 0 Å². The highest BCUT2D eigenvalue weighted by molar-refractivity contribution is 6.20. The molecule has 0 saturated heterocycles. The average Bonchev–Trinajstić information content (AvgIpc) is 2.36. The predicted octanol–water partition coefficient (Wildman–Crippen LogP) is 5.33. The predicted molar refractivity (Wildman–Crippen MR) is 73.0 cm³/mol. The minimum absolute atomic E-state index is 0.127. The van der Waals surface area contributed by atoms with Gasteiger partial charge in [-0.05, 0) is 30.4 Å². The fourth-order valence-corrected chi connectivity index (χ4v) is 2.66. The highest BCUT2D eigenvalue weighted by atomic mass is 35.5. The van der Waals surface area contributed by atoms with Gasteiger partial charge in [-0.15, -0.1) is 11.6 Å². The molecule has 2 unspecified atom stereocenters. The molecule has 3 heteroatoms. The zero-order chi connectivity index (χ0) is 13.5. The summed E-state index contributed by atoms with van der Waals surface area (Å²) in [5.41, 5.74) is 0.380. The molecule has 1 aromatic carbocycles. The van der Waals surface area contributed by atoms with Crippen LogP contribution in [0.1, 0.15) is 45.1 Å². The summed E-state index contributed by atoms with van der Waals surface area (Å²) in [7, 11) is 0. The van der Waals surface area contributed by atoms with E-state index in [1.54, 1.807) is 6.07 Å². The molecule has 2 atom stereocenters. The summed E-state index contributed by atoms with van der Waals surface area (Å²) in [5, 5.41) is -0.127. The van der Waals surface area contributed by atoms with Crippen molar-refractivity contribution in [1.29, 1.82) is 0 Å². The first kappa shape index (κ1) is 15.4. The van der Waals surface area contributed by atoms with Gasteiger partial charge in [0.2, 0.25) is 0 Å². The maximum Gasteiger partial charge on any atom is 0.162 e. The Balaban J connectivity index is 2.67. The monoisotopic (exact) mass is 274 g/mol. The van der Waals surface area contributed by atoms with Gasteiger partial charge in [0.15, 0.2) is 11.6 Å². The van der Waals surface area contributed by atoms with Gasteiger partial charge in [-0.3, -0.25) is 0 Å².